The van der Waals surface area contributed by atoms with E-state index in [-0.39, 0.29) is 23.3 Å². The van der Waals surface area contributed by atoms with Gasteiger partial charge in [0.2, 0.25) is 0 Å². The molecule has 1 aromatic rings. The molecular weight excluding hydrogens is 288 g/mol. The van der Waals surface area contributed by atoms with E-state index in [2.05, 4.69) is 12.2 Å². The molecule has 1 fully saturated rings. The first kappa shape index (κ1) is 17.1. The minimum atomic E-state index is -0.311. The number of phenolic OH excluding ortho intramolecular Hbond substituents is 1. The highest BCUT2D eigenvalue weighted by Gasteiger charge is 2.24. The molecule has 0 heterocycles. The SMILES string of the molecule is Cc1cc(/C=C(\C#N)C(=O)N[C@@H]2CCCC[C@H]2C)cc(C)c1O. The number of hydrogen-bond acceptors (Lipinski definition) is 3. The number of carbonyl (C=O) groups excluding carboxylic acids is 1. The number of aryl methyl sites for hydroxylation is 2. The second kappa shape index (κ2) is 7.32. The molecule has 4 heteroatoms. The largest absolute Gasteiger partial charge is 0.507 e. The Bertz CT molecular complexity index is 647. The summed E-state index contributed by atoms with van der Waals surface area (Å²) >= 11 is 0. The summed E-state index contributed by atoms with van der Waals surface area (Å²) in [6.45, 7) is 5.75. The first-order valence-electron chi connectivity index (χ1n) is 8.15. The second-order valence-corrected chi connectivity index (χ2v) is 6.51. The minimum absolute atomic E-state index is 0.104. The van der Waals surface area contributed by atoms with Crippen LogP contribution in [0.5, 0.6) is 5.75 Å². The van der Waals surface area contributed by atoms with Crippen LogP contribution in [0.2, 0.25) is 0 Å². The van der Waals surface area contributed by atoms with E-state index in [0.717, 1.165) is 36.0 Å². The van der Waals surface area contributed by atoms with Crippen LogP contribution in [-0.4, -0.2) is 17.1 Å². The Kier molecular flexibility index (Phi) is 5.44. The van der Waals surface area contributed by atoms with Crippen LogP contribution >= 0.6 is 0 Å². The van der Waals surface area contributed by atoms with Crippen molar-refractivity contribution in [1.29, 1.82) is 5.26 Å². The molecule has 4 nitrogen and oxygen atoms in total. The van der Waals surface area contributed by atoms with E-state index in [1.54, 1.807) is 32.1 Å². The van der Waals surface area contributed by atoms with Crippen molar-refractivity contribution in [3.8, 4) is 11.8 Å². The van der Waals surface area contributed by atoms with Gasteiger partial charge in [-0.3, -0.25) is 4.79 Å². The zero-order valence-corrected chi connectivity index (χ0v) is 14.0. The number of phenols is 1. The number of aromatic hydroxyl groups is 1. The lowest BCUT2D eigenvalue weighted by Gasteiger charge is -2.29. The molecule has 0 spiro atoms. The first-order valence-corrected chi connectivity index (χ1v) is 8.15. The molecule has 1 saturated carbocycles. The number of amides is 1. The highest BCUT2D eigenvalue weighted by Crippen LogP contribution is 2.25. The fourth-order valence-electron chi connectivity index (χ4n) is 3.16. The van der Waals surface area contributed by atoms with Crippen molar-refractivity contribution in [2.24, 2.45) is 5.92 Å². The summed E-state index contributed by atoms with van der Waals surface area (Å²) in [5.74, 6) is 0.390. The van der Waals surface area contributed by atoms with Crippen molar-refractivity contribution in [2.45, 2.75) is 52.5 Å². The molecule has 1 aromatic carbocycles. The molecule has 1 aliphatic rings. The molecule has 2 rings (SSSR count). The van der Waals surface area contributed by atoms with Gasteiger partial charge in [0.25, 0.3) is 5.91 Å². The molecular formula is C19H24N2O2. The average molecular weight is 312 g/mol. The molecule has 2 atom stereocenters. The van der Waals surface area contributed by atoms with Gasteiger partial charge in [0, 0.05) is 6.04 Å². The fourth-order valence-corrected chi connectivity index (χ4v) is 3.16. The van der Waals surface area contributed by atoms with Gasteiger partial charge in [0.15, 0.2) is 0 Å². The Morgan fingerprint density at radius 2 is 1.91 bits per heavy atom. The van der Waals surface area contributed by atoms with E-state index in [9.17, 15) is 15.2 Å². The van der Waals surface area contributed by atoms with Gasteiger partial charge in [-0.15, -0.1) is 0 Å². The average Bonchev–Trinajstić information content (AvgIpc) is 2.52. The van der Waals surface area contributed by atoms with E-state index >= 15 is 0 Å². The molecule has 0 aliphatic heterocycles. The first-order chi connectivity index (χ1) is 10.9. The molecule has 1 aliphatic carbocycles. The lowest BCUT2D eigenvalue weighted by Crippen LogP contribution is -2.41. The van der Waals surface area contributed by atoms with Crippen molar-refractivity contribution < 1.29 is 9.90 Å². The van der Waals surface area contributed by atoms with Crippen molar-refractivity contribution in [1.82, 2.24) is 5.32 Å². The van der Waals surface area contributed by atoms with Crippen molar-refractivity contribution in [3.63, 3.8) is 0 Å². The van der Waals surface area contributed by atoms with Crippen LogP contribution in [0.3, 0.4) is 0 Å². The number of nitrogens with zero attached hydrogens (tertiary/aromatic N) is 1. The van der Waals surface area contributed by atoms with Crippen molar-refractivity contribution in [2.75, 3.05) is 0 Å². The number of nitriles is 1. The standard InChI is InChI=1S/C19H24N2O2/c1-12-6-4-5-7-17(12)21-19(23)16(11-20)10-15-8-13(2)18(22)14(3)9-15/h8-10,12,17,22H,4-7H2,1-3H3,(H,21,23)/b16-10+/t12-,17-/m1/s1. The Labute approximate surface area is 137 Å². The van der Waals surface area contributed by atoms with Crippen LogP contribution in [0.15, 0.2) is 17.7 Å². The maximum atomic E-state index is 12.4. The summed E-state index contributed by atoms with van der Waals surface area (Å²) in [4.78, 5) is 12.4. The Hall–Kier alpha value is -2.28. The van der Waals surface area contributed by atoms with Gasteiger partial charge in [-0.1, -0.05) is 19.8 Å². The van der Waals surface area contributed by atoms with E-state index in [4.69, 9.17) is 0 Å². The van der Waals surface area contributed by atoms with Crippen LogP contribution in [0.1, 0.15) is 49.3 Å². The van der Waals surface area contributed by atoms with Gasteiger partial charge in [-0.25, -0.2) is 0 Å². The number of hydrogen-bond donors (Lipinski definition) is 2. The maximum absolute atomic E-state index is 12.4. The highest BCUT2D eigenvalue weighted by molar-refractivity contribution is 6.01. The number of nitrogens with one attached hydrogen (secondary N) is 1. The van der Waals surface area contributed by atoms with E-state index in [1.165, 1.54) is 6.42 Å². The second-order valence-electron chi connectivity index (χ2n) is 6.51. The third-order valence-corrected chi connectivity index (χ3v) is 4.62. The predicted molar refractivity (Wildman–Crippen MR) is 90.7 cm³/mol. The number of rotatable bonds is 3. The molecule has 0 radical (unpaired) electrons. The smallest absolute Gasteiger partial charge is 0.262 e. The topological polar surface area (TPSA) is 73.1 Å². The van der Waals surface area contributed by atoms with Crippen LogP contribution in [0, 0.1) is 31.1 Å². The fraction of sp³-hybridized carbons (Fsp3) is 0.474. The predicted octanol–water partition coefficient (Wildman–Crippen LogP) is 3.61. The summed E-state index contributed by atoms with van der Waals surface area (Å²) in [6, 6.07) is 5.69. The van der Waals surface area contributed by atoms with E-state index in [0.29, 0.717) is 5.92 Å². The molecule has 2 N–H and O–H groups in total. The Balaban J connectivity index is 2.18. The Morgan fingerprint density at radius 1 is 1.30 bits per heavy atom. The lowest BCUT2D eigenvalue weighted by molar-refractivity contribution is -0.118. The monoisotopic (exact) mass is 312 g/mol. The number of carbonyl (C=O) groups is 1. The van der Waals surface area contributed by atoms with Gasteiger partial charge in [-0.2, -0.15) is 5.26 Å². The summed E-state index contributed by atoms with van der Waals surface area (Å²) in [5.41, 5.74) is 2.32. The molecule has 1 amide bonds. The summed E-state index contributed by atoms with van der Waals surface area (Å²) in [5, 5.41) is 22.1. The molecule has 0 aromatic heterocycles. The zero-order valence-electron chi connectivity index (χ0n) is 14.0. The van der Waals surface area contributed by atoms with E-state index < -0.39 is 0 Å². The van der Waals surface area contributed by atoms with Crippen LogP contribution in [-0.2, 0) is 4.79 Å². The third-order valence-electron chi connectivity index (χ3n) is 4.62. The molecule has 0 saturated heterocycles. The molecule has 0 unspecified atom stereocenters. The van der Waals surface area contributed by atoms with Gasteiger partial charge in [-0.05, 0) is 67.5 Å². The summed E-state index contributed by atoms with van der Waals surface area (Å²) < 4.78 is 0. The van der Waals surface area contributed by atoms with Crippen molar-refractivity contribution >= 4 is 12.0 Å². The van der Waals surface area contributed by atoms with Crippen molar-refractivity contribution in [3.05, 3.63) is 34.4 Å². The zero-order chi connectivity index (χ0) is 17.0. The molecule has 122 valence electrons. The van der Waals surface area contributed by atoms with Gasteiger partial charge in [0.1, 0.15) is 17.4 Å². The van der Waals surface area contributed by atoms with E-state index in [1.807, 2.05) is 6.07 Å². The maximum Gasteiger partial charge on any atom is 0.262 e. The van der Waals surface area contributed by atoms with Crippen LogP contribution in [0.4, 0.5) is 0 Å². The summed E-state index contributed by atoms with van der Waals surface area (Å²) in [6.07, 6.45) is 6.01. The summed E-state index contributed by atoms with van der Waals surface area (Å²) in [7, 11) is 0. The number of benzene rings is 1. The quantitative estimate of drug-likeness (QED) is 0.661. The normalized spacial score (nSPS) is 21.6. The Morgan fingerprint density at radius 3 is 2.48 bits per heavy atom. The van der Waals surface area contributed by atoms with Crippen LogP contribution < -0.4 is 5.32 Å². The third kappa shape index (κ3) is 4.13. The molecule has 23 heavy (non-hydrogen) atoms. The van der Waals surface area contributed by atoms with Gasteiger partial charge < -0.3 is 10.4 Å². The van der Waals surface area contributed by atoms with Crippen LogP contribution in [0.25, 0.3) is 6.08 Å². The van der Waals surface area contributed by atoms with Gasteiger partial charge >= 0.3 is 0 Å². The van der Waals surface area contributed by atoms with Gasteiger partial charge in [0.05, 0.1) is 0 Å². The minimum Gasteiger partial charge on any atom is -0.507 e. The molecule has 0 bridgehead atoms. The highest BCUT2D eigenvalue weighted by atomic mass is 16.3. The lowest BCUT2D eigenvalue weighted by atomic mass is 9.86.